The van der Waals surface area contributed by atoms with Gasteiger partial charge < -0.3 is 9.47 Å². The van der Waals surface area contributed by atoms with Gasteiger partial charge in [0.25, 0.3) is 0 Å². The van der Waals surface area contributed by atoms with Crippen LogP contribution in [0.2, 0.25) is 0 Å². The van der Waals surface area contributed by atoms with Gasteiger partial charge in [-0.25, -0.2) is 0 Å². The van der Waals surface area contributed by atoms with Crippen LogP contribution in [0.4, 0.5) is 0 Å². The number of ether oxygens (including phenoxy) is 2. The van der Waals surface area contributed by atoms with Gasteiger partial charge in [-0.15, -0.1) is 0 Å². The highest BCUT2D eigenvalue weighted by molar-refractivity contribution is 5.76. The smallest absolute Gasteiger partial charge is 0.314 e. The van der Waals surface area contributed by atoms with Gasteiger partial charge in [0.1, 0.15) is 0 Å². The van der Waals surface area contributed by atoms with Crippen LogP contribution in [0, 0.1) is 5.92 Å². The number of esters is 1. The van der Waals surface area contributed by atoms with E-state index in [4.69, 9.17) is 9.47 Å². The molecule has 1 aliphatic carbocycles. The van der Waals surface area contributed by atoms with Crippen molar-refractivity contribution < 1.29 is 14.3 Å². The SMILES string of the molecule is CCOc1ccccc1OC(=O)C1CC=CCC1. The highest BCUT2D eigenvalue weighted by Crippen LogP contribution is 2.28. The first-order valence-corrected chi connectivity index (χ1v) is 6.39. The molecule has 0 amide bonds. The van der Waals surface area contributed by atoms with Gasteiger partial charge in [0.2, 0.25) is 0 Å². The Morgan fingerprint density at radius 1 is 1.28 bits per heavy atom. The normalized spacial score (nSPS) is 18.4. The minimum atomic E-state index is -0.161. The van der Waals surface area contributed by atoms with Gasteiger partial charge in [-0.1, -0.05) is 24.3 Å². The molecule has 1 aliphatic rings. The molecule has 18 heavy (non-hydrogen) atoms. The molecular weight excluding hydrogens is 228 g/mol. The molecule has 3 nitrogen and oxygen atoms in total. The predicted octanol–water partition coefficient (Wildman–Crippen LogP) is 3.35. The second kappa shape index (κ2) is 6.24. The van der Waals surface area contributed by atoms with Crippen molar-refractivity contribution in [1.29, 1.82) is 0 Å². The maximum atomic E-state index is 12.0. The van der Waals surface area contributed by atoms with Crippen molar-refractivity contribution in [1.82, 2.24) is 0 Å². The van der Waals surface area contributed by atoms with Crippen LogP contribution in [0.25, 0.3) is 0 Å². The Kier molecular flexibility index (Phi) is 4.40. The molecule has 0 saturated carbocycles. The minimum Gasteiger partial charge on any atom is -0.490 e. The van der Waals surface area contributed by atoms with E-state index in [0.717, 1.165) is 19.3 Å². The number of allylic oxidation sites excluding steroid dienone is 2. The molecule has 0 spiro atoms. The number of carbonyl (C=O) groups excluding carboxylic acids is 1. The lowest BCUT2D eigenvalue weighted by molar-refractivity contribution is -0.139. The van der Waals surface area contributed by atoms with Crippen LogP contribution in [-0.2, 0) is 4.79 Å². The number of para-hydroxylation sites is 2. The van der Waals surface area contributed by atoms with E-state index in [2.05, 4.69) is 6.08 Å². The van der Waals surface area contributed by atoms with Gasteiger partial charge >= 0.3 is 5.97 Å². The Morgan fingerprint density at radius 3 is 2.72 bits per heavy atom. The molecule has 1 atom stereocenters. The zero-order chi connectivity index (χ0) is 12.8. The Bertz CT molecular complexity index is 437. The summed E-state index contributed by atoms with van der Waals surface area (Å²) in [5.74, 6) is 0.954. The summed E-state index contributed by atoms with van der Waals surface area (Å²) in [6.07, 6.45) is 6.75. The summed E-state index contributed by atoms with van der Waals surface area (Å²) in [5, 5.41) is 0. The van der Waals surface area contributed by atoms with Crippen LogP contribution in [-0.4, -0.2) is 12.6 Å². The summed E-state index contributed by atoms with van der Waals surface area (Å²) in [6.45, 7) is 2.46. The van der Waals surface area contributed by atoms with Gasteiger partial charge in [0.15, 0.2) is 11.5 Å². The fourth-order valence-corrected chi connectivity index (χ4v) is 2.01. The Balaban J connectivity index is 2.04. The summed E-state index contributed by atoms with van der Waals surface area (Å²) >= 11 is 0. The molecule has 96 valence electrons. The average molecular weight is 246 g/mol. The van der Waals surface area contributed by atoms with Gasteiger partial charge in [-0.3, -0.25) is 4.79 Å². The highest BCUT2D eigenvalue weighted by atomic mass is 16.6. The van der Waals surface area contributed by atoms with Crippen LogP contribution in [0.15, 0.2) is 36.4 Å². The second-order valence-corrected chi connectivity index (χ2v) is 4.28. The van der Waals surface area contributed by atoms with Crippen LogP contribution < -0.4 is 9.47 Å². The largest absolute Gasteiger partial charge is 0.490 e. The maximum absolute atomic E-state index is 12.0. The second-order valence-electron chi connectivity index (χ2n) is 4.28. The van der Waals surface area contributed by atoms with Crippen LogP contribution >= 0.6 is 0 Å². The summed E-state index contributed by atoms with van der Waals surface area (Å²) < 4.78 is 10.9. The molecule has 0 bridgehead atoms. The Morgan fingerprint density at radius 2 is 2.06 bits per heavy atom. The Hall–Kier alpha value is -1.77. The van der Waals surface area contributed by atoms with E-state index in [9.17, 15) is 4.79 Å². The quantitative estimate of drug-likeness (QED) is 0.464. The lowest BCUT2D eigenvalue weighted by Gasteiger charge is -2.17. The number of rotatable bonds is 4. The third-order valence-electron chi connectivity index (χ3n) is 2.96. The first-order valence-electron chi connectivity index (χ1n) is 6.39. The summed E-state index contributed by atoms with van der Waals surface area (Å²) in [4.78, 5) is 12.0. The average Bonchev–Trinajstić information content (AvgIpc) is 2.42. The van der Waals surface area contributed by atoms with E-state index < -0.39 is 0 Å². The van der Waals surface area contributed by atoms with E-state index in [1.165, 1.54) is 0 Å². The molecule has 1 aromatic carbocycles. The number of benzene rings is 1. The van der Waals surface area contributed by atoms with E-state index in [1.807, 2.05) is 31.2 Å². The number of hydrogen-bond donors (Lipinski definition) is 0. The van der Waals surface area contributed by atoms with Crippen molar-refractivity contribution in [2.24, 2.45) is 5.92 Å². The van der Waals surface area contributed by atoms with Crippen LogP contribution in [0.1, 0.15) is 26.2 Å². The third kappa shape index (κ3) is 3.13. The van der Waals surface area contributed by atoms with E-state index in [-0.39, 0.29) is 11.9 Å². The van der Waals surface area contributed by atoms with Crippen molar-refractivity contribution in [3.05, 3.63) is 36.4 Å². The van der Waals surface area contributed by atoms with E-state index >= 15 is 0 Å². The zero-order valence-corrected chi connectivity index (χ0v) is 10.6. The van der Waals surface area contributed by atoms with Gasteiger partial charge in [-0.05, 0) is 38.3 Å². The molecular formula is C15H18O3. The van der Waals surface area contributed by atoms with Crippen molar-refractivity contribution in [3.8, 4) is 11.5 Å². The molecule has 2 rings (SSSR count). The van der Waals surface area contributed by atoms with E-state index in [0.29, 0.717) is 18.1 Å². The van der Waals surface area contributed by atoms with Crippen LogP contribution in [0.5, 0.6) is 11.5 Å². The first-order chi connectivity index (χ1) is 8.81. The third-order valence-corrected chi connectivity index (χ3v) is 2.96. The molecule has 0 N–H and O–H groups in total. The van der Waals surface area contributed by atoms with Gasteiger partial charge in [0, 0.05) is 0 Å². The molecule has 3 heteroatoms. The monoisotopic (exact) mass is 246 g/mol. The molecule has 0 aromatic heterocycles. The highest BCUT2D eigenvalue weighted by Gasteiger charge is 2.21. The molecule has 0 fully saturated rings. The maximum Gasteiger partial charge on any atom is 0.314 e. The van der Waals surface area contributed by atoms with Gasteiger partial charge in [0.05, 0.1) is 12.5 Å². The van der Waals surface area contributed by atoms with Crippen molar-refractivity contribution >= 4 is 5.97 Å². The van der Waals surface area contributed by atoms with Crippen molar-refractivity contribution in [3.63, 3.8) is 0 Å². The predicted molar refractivity (Wildman–Crippen MR) is 69.7 cm³/mol. The first kappa shape index (κ1) is 12.7. The molecule has 0 aliphatic heterocycles. The summed E-state index contributed by atoms with van der Waals surface area (Å²) in [7, 11) is 0. The molecule has 0 radical (unpaired) electrons. The topological polar surface area (TPSA) is 35.5 Å². The molecule has 0 saturated heterocycles. The van der Waals surface area contributed by atoms with Crippen molar-refractivity contribution in [2.45, 2.75) is 26.2 Å². The summed E-state index contributed by atoms with van der Waals surface area (Å²) in [5.41, 5.74) is 0. The number of carbonyl (C=O) groups is 1. The van der Waals surface area contributed by atoms with Gasteiger partial charge in [-0.2, -0.15) is 0 Å². The Labute approximate surface area is 107 Å². The number of hydrogen-bond acceptors (Lipinski definition) is 3. The summed E-state index contributed by atoms with van der Waals surface area (Å²) in [6, 6.07) is 7.28. The minimum absolute atomic E-state index is 0.0234. The molecule has 1 unspecified atom stereocenters. The fourth-order valence-electron chi connectivity index (χ4n) is 2.01. The lowest BCUT2D eigenvalue weighted by Crippen LogP contribution is -2.21. The van der Waals surface area contributed by atoms with Crippen molar-refractivity contribution in [2.75, 3.05) is 6.61 Å². The fraction of sp³-hybridized carbons (Fsp3) is 0.400. The van der Waals surface area contributed by atoms with E-state index in [1.54, 1.807) is 6.07 Å². The standard InChI is InChI=1S/C15H18O3/c1-2-17-13-10-6-7-11-14(13)18-15(16)12-8-4-3-5-9-12/h3-4,6-7,10-12H,2,5,8-9H2,1H3. The lowest BCUT2D eigenvalue weighted by atomic mass is 9.95. The zero-order valence-electron chi connectivity index (χ0n) is 10.6. The van der Waals surface area contributed by atoms with Crippen LogP contribution in [0.3, 0.4) is 0 Å². The molecule has 0 heterocycles. The molecule has 1 aromatic rings.